The van der Waals surface area contributed by atoms with Crippen LogP contribution >= 0.6 is 0 Å². The zero-order valence-corrected chi connectivity index (χ0v) is 13.1. The van der Waals surface area contributed by atoms with Crippen molar-refractivity contribution in [2.75, 3.05) is 13.7 Å². The molecule has 0 saturated heterocycles. The number of benzene rings is 1. The van der Waals surface area contributed by atoms with Gasteiger partial charge in [-0.2, -0.15) is 0 Å². The van der Waals surface area contributed by atoms with Crippen LogP contribution in [0.3, 0.4) is 0 Å². The lowest BCUT2D eigenvalue weighted by atomic mass is 9.80. The van der Waals surface area contributed by atoms with Crippen LogP contribution in [-0.4, -0.2) is 31.3 Å². The molecule has 1 aromatic rings. The third kappa shape index (κ3) is 3.76. The van der Waals surface area contributed by atoms with E-state index in [0.29, 0.717) is 6.42 Å². The number of hydrogen-bond donors (Lipinski definition) is 1. The van der Waals surface area contributed by atoms with Crippen LogP contribution in [0, 0.1) is 6.92 Å². The van der Waals surface area contributed by atoms with Gasteiger partial charge in [0.15, 0.2) is 0 Å². The van der Waals surface area contributed by atoms with E-state index in [-0.39, 0.29) is 12.1 Å². The number of hydrogen-bond acceptors (Lipinski definition) is 4. The number of likely N-dealkylation sites (N-methyl/N-ethyl adjacent to an activating group) is 1. The van der Waals surface area contributed by atoms with Crippen LogP contribution in [0.2, 0.25) is 0 Å². The van der Waals surface area contributed by atoms with Crippen molar-refractivity contribution < 1.29 is 14.3 Å². The van der Waals surface area contributed by atoms with Gasteiger partial charge in [-0.05, 0) is 44.9 Å². The highest BCUT2D eigenvalue weighted by Crippen LogP contribution is 2.32. The van der Waals surface area contributed by atoms with E-state index in [4.69, 9.17) is 9.47 Å². The summed E-state index contributed by atoms with van der Waals surface area (Å²) in [5.74, 6) is 0.685. The molecule has 116 valence electrons. The fraction of sp³-hybridized carbons (Fsp3) is 0.588. The first kappa shape index (κ1) is 15.8. The van der Waals surface area contributed by atoms with Crippen molar-refractivity contribution in [1.82, 2.24) is 5.32 Å². The van der Waals surface area contributed by atoms with Gasteiger partial charge >= 0.3 is 5.97 Å². The molecule has 1 saturated carbocycles. The molecule has 0 amide bonds. The Kier molecular flexibility index (Phi) is 5.23. The van der Waals surface area contributed by atoms with Crippen LogP contribution in [0.4, 0.5) is 0 Å². The summed E-state index contributed by atoms with van der Waals surface area (Å²) < 4.78 is 11.1. The highest BCUT2D eigenvalue weighted by atomic mass is 16.5. The number of rotatable bonds is 5. The van der Waals surface area contributed by atoms with Gasteiger partial charge in [-0.3, -0.25) is 4.79 Å². The maximum Gasteiger partial charge on any atom is 0.326 e. The van der Waals surface area contributed by atoms with Gasteiger partial charge in [0, 0.05) is 6.42 Å². The van der Waals surface area contributed by atoms with E-state index in [1.807, 2.05) is 31.2 Å². The maximum absolute atomic E-state index is 12.2. The highest BCUT2D eigenvalue weighted by Gasteiger charge is 2.43. The standard InChI is InChI=1S/C17H25NO3/c1-4-18-17(16(19)20-3)11-5-6-15(12-17)21-14-9-7-13(2)8-10-14/h7-10,15,18H,4-6,11-12H2,1-3H3. The molecule has 0 aliphatic heterocycles. The Balaban J connectivity index is 2.07. The van der Waals surface area contributed by atoms with Gasteiger partial charge in [0.2, 0.25) is 0 Å². The number of carbonyl (C=O) groups is 1. The van der Waals surface area contributed by atoms with E-state index in [0.717, 1.165) is 31.6 Å². The summed E-state index contributed by atoms with van der Waals surface area (Å²) in [4.78, 5) is 12.2. The second kappa shape index (κ2) is 6.94. The van der Waals surface area contributed by atoms with Gasteiger partial charge in [0.25, 0.3) is 0 Å². The molecule has 1 N–H and O–H groups in total. The fourth-order valence-corrected chi connectivity index (χ4v) is 3.09. The molecule has 4 heteroatoms. The Morgan fingerprint density at radius 1 is 1.38 bits per heavy atom. The number of aryl methyl sites for hydroxylation is 1. The topological polar surface area (TPSA) is 47.6 Å². The smallest absolute Gasteiger partial charge is 0.326 e. The number of esters is 1. The van der Waals surface area contributed by atoms with Crippen molar-refractivity contribution in [1.29, 1.82) is 0 Å². The molecule has 2 atom stereocenters. The molecule has 2 unspecified atom stereocenters. The van der Waals surface area contributed by atoms with Crippen LogP contribution in [0.15, 0.2) is 24.3 Å². The van der Waals surface area contributed by atoms with Crippen molar-refractivity contribution in [3.05, 3.63) is 29.8 Å². The third-order valence-corrected chi connectivity index (χ3v) is 4.12. The second-order valence-corrected chi connectivity index (χ2v) is 5.75. The average molecular weight is 291 g/mol. The van der Waals surface area contributed by atoms with Crippen LogP contribution in [0.1, 0.15) is 38.2 Å². The average Bonchev–Trinajstić information content (AvgIpc) is 2.49. The first-order valence-corrected chi connectivity index (χ1v) is 7.66. The van der Waals surface area contributed by atoms with E-state index in [1.54, 1.807) is 0 Å². The first-order valence-electron chi connectivity index (χ1n) is 7.66. The van der Waals surface area contributed by atoms with Gasteiger partial charge in [-0.25, -0.2) is 0 Å². The van der Waals surface area contributed by atoms with Crippen LogP contribution < -0.4 is 10.1 Å². The first-order chi connectivity index (χ1) is 10.1. The summed E-state index contributed by atoms with van der Waals surface area (Å²) in [6, 6.07) is 8.04. The Labute approximate surface area is 126 Å². The molecule has 0 radical (unpaired) electrons. The van der Waals surface area contributed by atoms with Gasteiger partial charge in [0.1, 0.15) is 17.4 Å². The molecular formula is C17H25NO3. The van der Waals surface area contributed by atoms with Gasteiger partial charge < -0.3 is 14.8 Å². The summed E-state index contributed by atoms with van der Waals surface area (Å²) >= 11 is 0. The Morgan fingerprint density at radius 2 is 2.10 bits per heavy atom. The predicted octanol–water partition coefficient (Wildman–Crippen LogP) is 2.84. The zero-order valence-electron chi connectivity index (χ0n) is 13.1. The largest absolute Gasteiger partial charge is 0.490 e. The van der Waals surface area contributed by atoms with E-state index in [1.165, 1.54) is 12.7 Å². The second-order valence-electron chi connectivity index (χ2n) is 5.75. The zero-order chi connectivity index (χ0) is 15.3. The van der Waals surface area contributed by atoms with E-state index in [2.05, 4.69) is 12.2 Å². The number of ether oxygens (including phenoxy) is 2. The normalized spacial score (nSPS) is 25.4. The van der Waals surface area contributed by atoms with Crippen molar-refractivity contribution in [3.63, 3.8) is 0 Å². The summed E-state index contributed by atoms with van der Waals surface area (Å²) in [6.45, 7) is 4.80. The summed E-state index contributed by atoms with van der Waals surface area (Å²) in [7, 11) is 1.45. The molecule has 0 aromatic heterocycles. The Bertz CT molecular complexity index is 467. The lowest BCUT2D eigenvalue weighted by molar-refractivity contribution is -0.151. The SMILES string of the molecule is CCNC1(C(=O)OC)CCCC(Oc2ccc(C)cc2)C1. The van der Waals surface area contributed by atoms with Gasteiger partial charge in [-0.1, -0.05) is 24.6 Å². The predicted molar refractivity (Wildman–Crippen MR) is 82.5 cm³/mol. The van der Waals surface area contributed by atoms with Crippen molar-refractivity contribution in [2.45, 2.75) is 51.2 Å². The molecule has 0 bridgehead atoms. The Morgan fingerprint density at radius 3 is 2.71 bits per heavy atom. The lowest BCUT2D eigenvalue weighted by Crippen LogP contribution is -2.57. The van der Waals surface area contributed by atoms with E-state index in [9.17, 15) is 4.79 Å². The third-order valence-electron chi connectivity index (χ3n) is 4.12. The lowest BCUT2D eigenvalue weighted by Gasteiger charge is -2.39. The van der Waals surface area contributed by atoms with Crippen LogP contribution in [0.25, 0.3) is 0 Å². The maximum atomic E-state index is 12.2. The molecule has 0 heterocycles. The summed E-state index contributed by atoms with van der Waals surface area (Å²) in [5.41, 5.74) is 0.611. The summed E-state index contributed by atoms with van der Waals surface area (Å²) in [5, 5.41) is 3.32. The highest BCUT2D eigenvalue weighted by molar-refractivity contribution is 5.81. The molecule has 1 fully saturated rings. The van der Waals surface area contributed by atoms with Gasteiger partial charge in [-0.15, -0.1) is 0 Å². The van der Waals surface area contributed by atoms with E-state index < -0.39 is 5.54 Å². The Hall–Kier alpha value is -1.55. The number of carbonyl (C=O) groups excluding carboxylic acids is 1. The number of methoxy groups -OCH3 is 1. The van der Waals surface area contributed by atoms with Crippen LogP contribution in [-0.2, 0) is 9.53 Å². The minimum absolute atomic E-state index is 0.0413. The molecule has 21 heavy (non-hydrogen) atoms. The van der Waals surface area contributed by atoms with Crippen molar-refractivity contribution in [2.24, 2.45) is 0 Å². The van der Waals surface area contributed by atoms with Crippen molar-refractivity contribution in [3.8, 4) is 5.75 Å². The number of nitrogens with one attached hydrogen (secondary N) is 1. The quantitative estimate of drug-likeness (QED) is 0.847. The fourth-order valence-electron chi connectivity index (χ4n) is 3.09. The molecular weight excluding hydrogens is 266 g/mol. The minimum atomic E-state index is -0.600. The van der Waals surface area contributed by atoms with Gasteiger partial charge in [0.05, 0.1) is 7.11 Å². The summed E-state index contributed by atoms with van der Waals surface area (Å²) in [6.07, 6.45) is 3.43. The van der Waals surface area contributed by atoms with Crippen LogP contribution in [0.5, 0.6) is 5.75 Å². The minimum Gasteiger partial charge on any atom is -0.490 e. The van der Waals surface area contributed by atoms with Crippen molar-refractivity contribution >= 4 is 5.97 Å². The molecule has 2 rings (SSSR count). The molecule has 4 nitrogen and oxygen atoms in total. The molecule has 1 aliphatic carbocycles. The van der Waals surface area contributed by atoms with E-state index >= 15 is 0 Å². The molecule has 0 spiro atoms. The molecule has 1 aromatic carbocycles. The molecule has 1 aliphatic rings. The monoisotopic (exact) mass is 291 g/mol.